The Hall–Kier alpha value is -1.39. The largest absolute Gasteiger partial charge is 0.379 e. The Kier molecular flexibility index (Phi) is 3.68. The number of amides is 1. The number of hydrogen-bond donors (Lipinski definition) is 2. The highest BCUT2D eigenvalue weighted by Crippen LogP contribution is 2.19. The van der Waals surface area contributed by atoms with Crippen LogP contribution in [-0.2, 0) is 11.3 Å². The van der Waals surface area contributed by atoms with E-state index in [1.165, 1.54) is 5.56 Å². The van der Waals surface area contributed by atoms with Gasteiger partial charge in [-0.25, -0.2) is 0 Å². The molecule has 1 aliphatic rings. The Morgan fingerprint density at radius 1 is 1.56 bits per heavy atom. The molecular weight excluding hydrogens is 228 g/mol. The van der Waals surface area contributed by atoms with Crippen LogP contribution in [0.1, 0.15) is 34.8 Å². The van der Waals surface area contributed by atoms with E-state index in [1.807, 2.05) is 19.1 Å². The summed E-state index contributed by atoms with van der Waals surface area (Å²) >= 11 is 0. The maximum Gasteiger partial charge on any atom is 0.248 e. The van der Waals surface area contributed by atoms with Crippen molar-refractivity contribution in [2.24, 2.45) is 5.73 Å². The van der Waals surface area contributed by atoms with Gasteiger partial charge in [0.2, 0.25) is 5.91 Å². The molecule has 4 nitrogen and oxygen atoms in total. The Bertz CT molecular complexity index is 451. The highest BCUT2D eigenvalue weighted by molar-refractivity contribution is 5.93. The Morgan fingerprint density at radius 3 is 2.89 bits per heavy atom. The average molecular weight is 248 g/mol. The highest BCUT2D eigenvalue weighted by Gasteiger charge is 2.28. The zero-order valence-electron chi connectivity index (χ0n) is 11.0. The lowest BCUT2D eigenvalue weighted by molar-refractivity contribution is 0.1000. The van der Waals surface area contributed by atoms with Gasteiger partial charge in [-0.1, -0.05) is 6.07 Å². The lowest BCUT2D eigenvalue weighted by Crippen LogP contribution is -2.42. The molecule has 0 aliphatic carbocycles. The van der Waals surface area contributed by atoms with E-state index >= 15 is 0 Å². The van der Waals surface area contributed by atoms with E-state index in [0.717, 1.165) is 31.7 Å². The number of benzene rings is 1. The van der Waals surface area contributed by atoms with Crippen molar-refractivity contribution >= 4 is 5.91 Å². The molecule has 1 heterocycles. The number of primary amides is 1. The summed E-state index contributed by atoms with van der Waals surface area (Å²) in [4.78, 5) is 11.1. The molecule has 1 aromatic carbocycles. The number of carbonyl (C=O) groups excluding carboxylic acids is 1. The predicted octanol–water partition coefficient (Wildman–Crippen LogP) is 1.36. The quantitative estimate of drug-likeness (QED) is 0.845. The first-order valence-corrected chi connectivity index (χ1v) is 6.22. The van der Waals surface area contributed by atoms with Crippen molar-refractivity contribution in [3.05, 3.63) is 34.9 Å². The van der Waals surface area contributed by atoms with Gasteiger partial charge in [0.1, 0.15) is 0 Å². The fourth-order valence-corrected chi connectivity index (χ4v) is 2.16. The van der Waals surface area contributed by atoms with E-state index in [9.17, 15) is 4.79 Å². The van der Waals surface area contributed by atoms with Gasteiger partial charge in [-0.2, -0.15) is 0 Å². The lowest BCUT2D eigenvalue weighted by atomic mass is 9.99. The first kappa shape index (κ1) is 13.1. The molecule has 1 unspecified atom stereocenters. The van der Waals surface area contributed by atoms with Crippen LogP contribution in [0.5, 0.6) is 0 Å². The average Bonchev–Trinajstić information content (AvgIpc) is 2.75. The first-order chi connectivity index (χ1) is 8.50. The van der Waals surface area contributed by atoms with Crippen molar-refractivity contribution in [2.45, 2.75) is 32.4 Å². The van der Waals surface area contributed by atoms with Crippen LogP contribution in [0.3, 0.4) is 0 Å². The smallest absolute Gasteiger partial charge is 0.248 e. The normalized spacial score (nSPS) is 23.2. The molecule has 3 N–H and O–H groups in total. The second-order valence-electron chi connectivity index (χ2n) is 5.22. The van der Waals surface area contributed by atoms with Gasteiger partial charge in [-0.15, -0.1) is 0 Å². The van der Waals surface area contributed by atoms with Gasteiger partial charge in [-0.3, -0.25) is 4.79 Å². The molecule has 1 aromatic rings. The van der Waals surface area contributed by atoms with E-state index in [-0.39, 0.29) is 11.4 Å². The molecular formula is C14H20N2O2. The van der Waals surface area contributed by atoms with Crippen LogP contribution >= 0.6 is 0 Å². The highest BCUT2D eigenvalue weighted by atomic mass is 16.5. The summed E-state index contributed by atoms with van der Waals surface area (Å²) in [6.45, 7) is 6.53. The zero-order chi connectivity index (χ0) is 13.2. The summed E-state index contributed by atoms with van der Waals surface area (Å²) in [7, 11) is 0. The van der Waals surface area contributed by atoms with Gasteiger partial charge in [0, 0.05) is 24.3 Å². The predicted molar refractivity (Wildman–Crippen MR) is 70.4 cm³/mol. The van der Waals surface area contributed by atoms with E-state index in [2.05, 4.69) is 12.2 Å². The number of rotatable bonds is 4. The number of hydrogen-bond acceptors (Lipinski definition) is 3. The lowest BCUT2D eigenvalue weighted by Gasteiger charge is -2.24. The van der Waals surface area contributed by atoms with E-state index < -0.39 is 0 Å². The number of ether oxygens (including phenoxy) is 1. The van der Waals surface area contributed by atoms with Crippen molar-refractivity contribution < 1.29 is 9.53 Å². The van der Waals surface area contributed by atoms with Crippen molar-refractivity contribution in [2.75, 3.05) is 13.2 Å². The summed E-state index contributed by atoms with van der Waals surface area (Å²) in [6.07, 6.45) is 1.03. The Balaban J connectivity index is 2.03. The number of carbonyl (C=O) groups is 1. The van der Waals surface area contributed by atoms with Gasteiger partial charge < -0.3 is 15.8 Å². The van der Waals surface area contributed by atoms with Crippen molar-refractivity contribution in [3.8, 4) is 0 Å². The topological polar surface area (TPSA) is 64.4 Å². The van der Waals surface area contributed by atoms with E-state index in [1.54, 1.807) is 6.07 Å². The second-order valence-corrected chi connectivity index (χ2v) is 5.22. The van der Waals surface area contributed by atoms with E-state index in [0.29, 0.717) is 5.56 Å². The minimum Gasteiger partial charge on any atom is -0.379 e. The molecule has 1 aliphatic heterocycles. The molecule has 1 amide bonds. The second kappa shape index (κ2) is 5.08. The molecule has 0 saturated carbocycles. The SMILES string of the molecule is Cc1cc(C(N)=O)ccc1CNC1(C)CCOC1. The van der Waals surface area contributed by atoms with Gasteiger partial charge in [-0.05, 0) is 43.5 Å². The summed E-state index contributed by atoms with van der Waals surface area (Å²) in [5.74, 6) is -0.381. The number of nitrogens with two attached hydrogens (primary N) is 1. The van der Waals surface area contributed by atoms with Gasteiger partial charge >= 0.3 is 0 Å². The molecule has 1 saturated heterocycles. The third-order valence-corrected chi connectivity index (χ3v) is 3.55. The van der Waals surface area contributed by atoms with Gasteiger partial charge in [0.05, 0.1) is 6.61 Å². The Labute approximate surface area is 108 Å². The monoisotopic (exact) mass is 248 g/mol. The third kappa shape index (κ3) is 2.89. The van der Waals surface area contributed by atoms with Crippen molar-refractivity contribution in [1.82, 2.24) is 5.32 Å². The third-order valence-electron chi connectivity index (χ3n) is 3.55. The molecule has 18 heavy (non-hydrogen) atoms. The summed E-state index contributed by atoms with van der Waals surface area (Å²) < 4.78 is 5.41. The van der Waals surface area contributed by atoms with Gasteiger partial charge in [0.15, 0.2) is 0 Å². The maximum atomic E-state index is 11.1. The van der Waals surface area contributed by atoms with Crippen LogP contribution in [0.4, 0.5) is 0 Å². The molecule has 2 rings (SSSR count). The van der Waals surface area contributed by atoms with Crippen LogP contribution in [0.2, 0.25) is 0 Å². The molecule has 0 aromatic heterocycles. The fraction of sp³-hybridized carbons (Fsp3) is 0.500. The van der Waals surface area contributed by atoms with Crippen LogP contribution in [0.15, 0.2) is 18.2 Å². The maximum absolute atomic E-state index is 11.1. The van der Waals surface area contributed by atoms with Crippen molar-refractivity contribution in [1.29, 1.82) is 0 Å². The van der Waals surface area contributed by atoms with Crippen LogP contribution < -0.4 is 11.1 Å². The first-order valence-electron chi connectivity index (χ1n) is 6.22. The molecule has 0 radical (unpaired) electrons. The number of nitrogens with one attached hydrogen (secondary N) is 1. The summed E-state index contributed by atoms with van der Waals surface area (Å²) in [5, 5.41) is 3.52. The van der Waals surface area contributed by atoms with Crippen molar-refractivity contribution in [3.63, 3.8) is 0 Å². The molecule has 0 spiro atoms. The van der Waals surface area contributed by atoms with Crippen LogP contribution in [0, 0.1) is 6.92 Å². The fourth-order valence-electron chi connectivity index (χ4n) is 2.16. The summed E-state index contributed by atoms with van der Waals surface area (Å²) in [6, 6.07) is 5.58. The zero-order valence-corrected chi connectivity index (χ0v) is 11.0. The minimum atomic E-state index is -0.381. The van der Waals surface area contributed by atoms with Crippen LogP contribution in [0.25, 0.3) is 0 Å². The molecule has 1 fully saturated rings. The number of aryl methyl sites for hydroxylation is 1. The standard InChI is InChI=1S/C14H20N2O2/c1-10-7-11(13(15)17)3-4-12(10)8-16-14(2)5-6-18-9-14/h3-4,7,16H,5-6,8-9H2,1-2H3,(H2,15,17). The summed E-state index contributed by atoms with van der Waals surface area (Å²) in [5.41, 5.74) is 8.15. The van der Waals surface area contributed by atoms with E-state index in [4.69, 9.17) is 10.5 Å². The minimum absolute atomic E-state index is 0.0643. The molecule has 1 atom stereocenters. The molecule has 4 heteroatoms. The Morgan fingerprint density at radius 2 is 2.33 bits per heavy atom. The molecule has 0 bridgehead atoms. The van der Waals surface area contributed by atoms with Crippen LogP contribution in [-0.4, -0.2) is 24.7 Å². The molecule has 98 valence electrons. The van der Waals surface area contributed by atoms with Gasteiger partial charge in [0.25, 0.3) is 0 Å².